The molecule has 0 saturated heterocycles. The molecule has 1 aromatic rings. The Kier molecular flexibility index (Phi) is 4.49. The first-order chi connectivity index (χ1) is 7.13. The molecule has 0 amide bonds. The van der Waals surface area contributed by atoms with Crippen molar-refractivity contribution in [2.24, 2.45) is 0 Å². The topological polar surface area (TPSA) is 49.3 Å². The summed E-state index contributed by atoms with van der Waals surface area (Å²) in [6.45, 7) is 2.00. The molecule has 0 fully saturated rings. The quantitative estimate of drug-likeness (QED) is 0.806. The number of rotatable bonds is 5. The average Bonchev–Trinajstić information content (AvgIpc) is 2.20. The minimum atomic E-state index is -0.815. The zero-order chi connectivity index (χ0) is 11.3. The van der Waals surface area contributed by atoms with Crippen molar-refractivity contribution in [3.05, 3.63) is 29.8 Å². The first-order valence-electron chi connectivity index (χ1n) is 4.68. The predicted octanol–water partition coefficient (Wildman–Crippen LogP) is 2.22. The van der Waals surface area contributed by atoms with Crippen LogP contribution < -0.4 is 5.32 Å². The van der Waals surface area contributed by atoms with E-state index in [0.29, 0.717) is 5.75 Å². The molecule has 0 aromatic heterocycles. The lowest BCUT2D eigenvalue weighted by Crippen LogP contribution is -2.31. The first-order valence-corrected chi connectivity index (χ1v) is 6.08. The molecule has 2 N–H and O–H groups in total. The molecule has 1 rings (SSSR count). The van der Waals surface area contributed by atoms with Crippen LogP contribution in [0.1, 0.15) is 5.56 Å². The third-order valence-electron chi connectivity index (χ3n) is 2.02. The predicted molar refractivity (Wildman–Crippen MR) is 64.6 cm³/mol. The maximum atomic E-state index is 10.9. The van der Waals surface area contributed by atoms with E-state index >= 15 is 0 Å². The van der Waals surface area contributed by atoms with Crippen molar-refractivity contribution in [2.75, 3.05) is 17.3 Å². The number of thioether (sulfide) groups is 1. The Hall–Kier alpha value is -1.16. The summed E-state index contributed by atoms with van der Waals surface area (Å²) < 4.78 is 0. The third-order valence-corrected chi connectivity index (χ3v) is 2.69. The van der Waals surface area contributed by atoms with Gasteiger partial charge in [0.15, 0.2) is 0 Å². The number of benzene rings is 1. The highest BCUT2D eigenvalue weighted by Gasteiger charge is 2.15. The van der Waals surface area contributed by atoms with Gasteiger partial charge in [-0.2, -0.15) is 11.8 Å². The lowest BCUT2D eigenvalue weighted by Gasteiger charge is -2.14. The molecule has 0 unspecified atom stereocenters. The fourth-order valence-electron chi connectivity index (χ4n) is 1.19. The van der Waals surface area contributed by atoms with E-state index in [4.69, 9.17) is 5.11 Å². The van der Waals surface area contributed by atoms with Gasteiger partial charge < -0.3 is 10.4 Å². The molecule has 0 radical (unpaired) electrons. The molecule has 1 aromatic carbocycles. The van der Waals surface area contributed by atoms with Crippen molar-refractivity contribution in [1.82, 2.24) is 0 Å². The highest BCUT2D eigenvalue weighted by atomic mass is 32.2. The van der Waals surface area contributed by atoms with E-state index in [0.717, 1.165) is 11.3 Å². The molecular formula is C11H15NO2S. The number of carboxylic acids is 1. The normalized spacial score (nSPS) is 12.1. The van der Waals surface area contributed by atoms with Crippen LogP contribution >= 0.6 is 11.8 Å². The zero-order valence-electron chi connectivity index (χ0n) is 8.86. The van der Waals surface area contributed by atoms with Crippen LogP contribution in [0.3, 0.4) is 0 Å². The van der Waals surface area contributed by atoms with E-state index < -0.39 is 12.0 Å². The molecule has 0 bridgehead atoms. The lowest BCUT2D eigenvalue weighted by atomic mass is 10.2. The van der Waals surface area contributed by atoms with Gasteiger partial charge in [0, 0.05) is 11.4 Å². The van der Waals surface area contributed by atoms with Crippen LogP contribution in [0, 0.1) is 6.92 Å². The van der Waals surface area contributed by atoms with Crippen LogP contribution in [-0.4, -0.2) is 29.1 Å². The summed E-state index contributed by atoms with van der Waals surface area (Å²) in [5.41, 5.74) is 2.01. The van der Waals surface area contributed by atoms with Crippen LogP contribution in [0.25, 0.3) is 0 Å². The second kappa shape index (κ2) is 5.66. The van der Waals surface area contributed by atoms with Crippen molar-refractivity contribution in [3.8, 4) is 0 Å². The smallest absolute Gasteiger partial charge is 0.326 e. The molecule has 0 spiro atoms. The molecule has 0 heterocycles. The van der Waals surface area contributed by atoms with Gasteiger partial charge in [-0.3, -0.25) is 0 Å². The summed E-state index contributed by atoms with van der Waals surface area (Å²) in [4.78, 5) is 10.9. The van der Waals surface area contributed by atoms with Gasteiger partial charge in [0.25, 0.3) is 0 Å². The average molecular weight is 225 g/mol. The number of aryl methyl sites for hydroxylation is 1. The number of anilines is 1. The Bertz CT molecular complexity index is 324. The van der Waals surface area contributed by atoms with Gasteiger partial charge in [0.05, 0.1) is 0 Å². The fraction of sp³-hybridized carbons (Fsp3) is 0.364. The van der Waals surface area contributed by atoms with E-state index in [9.17, 15) is 4.79 Å². The second-order valence-electron chi connectivity index (χ2n) is 3.36. The van der Waals surface area contributed by atoms with E-state index in [1.54, 1.807) is 0 Å². The van der Waals surface area contributed by atoms with Crippen LogP contribution in [-0.2, 0) is 4.79 Å². The molecule has 0 aliphatic carbocycles. The number of hydrogen-bond acceptors (Lipinski definition) is 3. The van der Waals surface area contributed by atoms with Gasteiger partial charge in [0.1, 0.15) is 6.04 Å². The Morgan fingerprint density at radius 3 is 2.53 bits per heavy atom. The molecule has 15 heavy (non-hydrogen) atoms. The van der Waals surface area contributed by atoms with Crippen molar-refractivity contribution in [3.63, 3.8) is 0 Å². The van der Waals surface area contributed by atoms with Gasteiger partial charge in [-0.1, -0.05) is 17.7 Å². The van der Waals surface area contributed by atoms with Crippen molar-refractivity contribution in [1.29, 1.82) is 0 Å². The van der Waals surface area contributed by atoms with E-state index in [-0.39, 0.29) is 0 Å². The Morgan fingerprint density at radius 1 is 1.47 bits per heavy atom. The maximum absolute atomic E-state index is 10.9. The standard InChI is InChI=1S/C11H15NO2S/c1-8-3-5-9(6-4-8)12-10(7-15-2)11(13)14/h3-6,10,12H,7H2,1-2H3,(H,13,14)/t10-/m0/s1. The molecule has 1 atom stereocenters. The third kappa shape index (κ3) is 3.83. The SMILES string of the molecule is CSC[C@H](Nc1ccc(C)cc1)C(=O)O. The Morgan fingerprint density at radius 2 is 2.07 bits per heavy atom. The highest BCUT2D eigenvalue weighted by Crippen LogP contribution is 2.11. The number of hydrogen-bond donors (Lipinski definition) is 2. The van der Waals surface area contributed by atoms with Gasteiger partial charge in [0.2, 0.25) is 0 Å². The van der Waals surface area contributed by atoms with Crippen molar-refractivity contribution in [2.45, 2.75) is 13.0 Å². The molecule has 0 saturated carbocycles. The Balaban J connectivity index is 2.65. The van der Waals surface area contributed by atoms with Crippen molar-refractivity contribution < 1.29 is 9.90 Å². The monoisotopic (exact) mass is 225 g/mol. The molecule has 82 valence electrons. The van der Waals surface area contributed by atoms with Crippen LogP contribution in [0.5, 0.6) is 0 Å². The zero-order valence-corrected chi connectivity index (χ0v) is 9.67. The minimum Gasteiger partial charge on any atom is -0.480 e. The molecule has 0 aliphatic heterocycles. The number of nitrogens with one attached hydrogen (secondary N) is 1. The molecule has 4 heteroatoms. The van der Waals surface area contributed by atoms with Gasteiger partial charge in [-0.05, 0) is 25.3 Å². The van der Waals surface area contributed by atoms with Crippen LogP contribution in [0.15, 0.2) is 24.3 Å². The number of aliphatic carboxylic acids is 1. The number of carboxylic acid groups (broad SMARTS) is 1. The summed E-state index contributed by atoms with van der Waals surface area (Å²) >= 11 is 1.52. The van der Waals surface area contributed by atoms with Gasteiger partial charge in [-0.25, -0.2) is 4.79 Å². The molecular weight excluding hydrogens is 210 g/mol. The number of carbonyl (C=O) groups is 1. The molecule has 0 aliphatic rings. The van der Waals surface area contributed by atoms with Gasteiger partial charge in [-0.15, -0.1) is 0 Å². The maximum Gasteiger partial charge on any atom is 0.326 e. The summed E-state index contributed by atoms with van der Waals surface area (Å²) in [5, 5.41) is 11.9. The molecule has 3 nitrogen and oxygen atoms in total. The second-order valence-corrected chi connectivity index (χ2v) is 4.27. The Labute approximate surface area is 93.9 Å². The van der Waals surface area contributed by atoms with E-state index in [1.165, 1.54) is 11.8 Å². The van der Waals surface area contributed by atoms with Crippen LogP contribution in [0.2, 0.25) is 0 Å². The highest BCUT2D eigenvalue weighted by molar-refractivity contribution is 7.98. The van der Waals surface area contributed by atoms with E-state index in [2.05, 4.69) is 5.32 Å². The van der Waals surface area contributed by atoms with Gasteiger partial charge >= 0.3 is 5.97 Å². The fourth-order valence-corrected chi connectivity index (χ4v) is 1.75. The largest absolute Gasteiger partial charge is 0.480 e. The van der Waals surface area contributed by atoms with Crippen molar-refractivity contribution >= 4 is 23.4 Å². The summed E-state index contributed by atoms with van der Waals surface area (Å²) in [6.07, 6.45) is 1.90. The summed E-state index contributed by atoms with van der Waals surface area (Å²) in [5.74, 6) is -0.256. The lowest BCUT2D eigenvalue weighted by molar-refractivity contribution is -0.137. The summed E-state index contributed by atoms with van der Waals surface area (Å²) in [6, 6.07) is 7.18. The minimum absolute atomic E-state index is 0.525. The van der Waals surface area contributed by atoms with Crippen LogP contribution in [0.4, 0.5) is 5.69 Å². The van der Waals surface area contributed by atoms with E-state index in [1.807, 2.05) is 37.4 Å². The summed E-state index contributed by atoms with van der Waals surface area (Å²) in [7, 11) is 0. The first kappa shape index (κ1) is 11.9.